The van der Waals surface area contributed by atoms with E-state index in [1.165, 1.54) is 6.07 Å². The zero-order valence-corrected chi connectivity index (χ0v) is 18.2. The number of ether oxygens (including phenoxy) is 2. The Morgan fingerprint density at radius 3 is 2.35 bits per heavy atom. The highest BCUT2D eigenvalue weighted by atomic mass is 16.5. The number of nitrogens with zero attached hydrogens (tertiary/aromatic N) is 1. The molecule has 0 radical (unpaired) electrons. The molecule has 0 fully saturated rings. The van der Waals surface area contributed by atoms with E-state index in [9.17, 15) is 14.4 Å². The summed E-state index contributed by atoms with van der Waals surface area (Å²) in [5, 5.41) is 17.3. The number of aliphatic carboxylic acids is 1. The summed E-state index contributed by atoms with van der Waals surface area (Å²) in [7, 11) is 0. The number of benzene rings is 2. The van der Waals surface area contributed by atoms with Crippen molar-refractivity contribution >= 4 is 18.0 Å². The molecule has 1 aromatic heterocycles. The van der Waals surface area contributed by atoms with Crippen molar-refractivity contribution in [3.05, 3.63) is 77.2 Å². The Balaban J connectivity index is 1.24. The predicted molar refractivity (Wildman–Crippen MR) is 119 cm³/mol. The number of nitrogens with one attached hydrogen (secondary N) is 2. The lowest BCUT2D eigenvalue weighted by atomic mass is 9.98. The number of hydrogen-bond donors (Lipinski definition) is 3. The number of carbonyl (C=O) groups excluding carboxylic acids is 2. The van der Waals surface area contributed by atoms with Crippen LogP contribution in [0.2, 0.25) is 0 Å². The lowest BCUT2D eigenvalue weighted by molar-refractivity contribution is -0.142. The minimum atomic E-state index is -1.09. The Kier molecular flexibility index (Phi) is 7.19. The summed E-state index contributed by atoms with van der Waals surface area (Å²) in [6.07, 6.45) is -0.611. The maximum absolute atomic E-state index is 12.3. The van der Waals surface area contributed by atoms with Gasteiger partial charge in [-0.15, -0.1) is 0 Å². The number of hydrogen-bond acceptors (Lipinski definition) is 7. The molecule has 4 rings (SSSR count). The highest BCUT2D eigenvalue weighted by Gasteiger charge is 2.29. The Bertz CT molecular complexity index is 1150. The highest BCUT2D eigenvalue weighted by Crippen LogP contribution is 2.44. The molecule has 0 saturated carbocycles. The Morgan fingerprint density at radius 1 is 1.00 bits per heavy atom. The standard InChI is InChI=1S/C24H23N3O7/c28-22(29)14-32-10-9-25-23(30)21-11-15(34-27-21)12-26-24(31)33-13-20-18-7-3-1-5-16(18)17-6-2-4-8-19(17)20/h1-8,11,20H,9-10,12-14H2,(H,25,30)(H,26,31)(H,28,29). The molecule has 0 unspecified atom stereocenters. The molecule has 1 aliphatic carbocycles. The predicted octanol–water partition coefficient (Wildman–Crippen LogP) is 2.54. The molecule has 10 heteroatoms. The Morgan fingerprint density at radius 2 is 1.68 bits per heavy atom. The molecule has 3 aromatic rings. The average molecular weight is 465 g/mol. The fraction of sp³-hybridized carbons (Fsp3) is 0.250. The van der Waals surface area contributed by atoms with Crippen LogP contribution in [0.3, 0.4) is 0 Å². The van der Waals surface area contributed by atoms with E-state index in [-0.39, 0.29) is 43.7 Å². The van der Waals surface area contributed by atoms with Crippen LogP contribution in [0.25, 0.3) is 11.1 Å². The second kappa shape index (κ2) is 10.6. The van der Waals surface area contributed by atoms with Crippen LogP contribution in [0.5, 0.6) is 0 Å². The van der Waals surface area contributed by atoms with Gasteiger partial charge in [0.1, 0.15) is 13.2 Å². The van der Waals surface area contributed by atoms with Crippen LogP contribution in [0.1, 0.15) is 33.3 Å². The normalized spacial score (nSPS) is 12.0. The minimum Gasteiger partial charge on any atom is -0.480 e. The van der Waals surface area contributed by atoms with Gasteiger partial charge in [-0.1, -0.05) is 53.7 Å². The van der Waals surface area contributed by atoms with Crippen LogP contribution in [-0.2, 0) is 20.8 Å². The second-order valence-electron chi connectivity index (χ2n) is 7.56. The molecular weight excluding hydrogens is 442 g/mol. The molecule has 0 spiro atoms. The zero-order valence-electron chi connectivity index (χ0n) is 18.2. The number of alkyl carbamates (subject to hydrolysis) is 1. The lowest BCUT2D eigenvalue weighted by Gasteiger charge is -2.14. The van der Waals surface area contributed by atoms with E-state index >= 15 is 0 Å². The number of carboxylic acids is 1. The number of rotatable bonds is 10. The summed E-state index contributed by atoms with van der Waals surface area (Å²) < 4.78 is 15.4. The molecule has 0 atom stereocenters. The molecular formula is C24H23N3O7. The van der Waals surface area contributed by atoms with Gasteiger partial charge in [-0.2, -0.15) is 0 Å². The van der Waals surface area contributed by atoms with Crippen LogP contribution in [-0.4, -0.2) is 54.6 Å². The van der Waals surface area contributed by atoms with Gasteiger partial charge in [0.05, 0.1) is 13.2 Å². The maximum Gasteiger partial charge on any atom is 0.407 e. The summed E-state index contributed by atoms with van der Waals surface area (Å²) in [4.78, 5) is 34.6. The van der Waals surface area contributed by atoms with Crippen LogP contribution in [0, 0.1) is 0 Å². The third-order valence-electron chi connectivity index (χ3n) is 5.30. The van der Waals surface area contributed by atoms with Crippen LogP contribution >= 0.6 is 0 Å². The molecule has 10 nitrogen and oxygen atoms in total. The van der Waals surface area contributed by atoms with Crippen LogP contribution < -0.4 is 10.6 Å². The van der Waals surface area contributed by atoms with Gasteiger partial charge in [-0.3, -0.25) is 4.79 Å². The van der Waals surface area contributed by atoms with E-state index in [0.717, 1.165) is 22.3 Å². The Hall–Kier alpha value is -4.18. The van der Waals surface area contributed by atoms with E-state index in [0.29, 0.717) is 0 Å². The molecule has 1 heterocycles. The van der Waals surface area contributed by atoms with Gasteiger partial charge < -0.3 is 29.7 Å². The third-order valence-corrected chi connectivity index (χ3v) is 5.30. The molecule has 3 N–H and O–H groups in total. The largest absolute Gasteiger partial charge is 0.480 e. The highest BCUT2D eigenvalue weighted by molar-refractivity contribution is 5.92. The van der Waals surface area contributed by atoms with E-state index in [4.69, 9.17) is 19.1 Å². The van der Waals surface area contributed by atoms with Crippen molar-refractivity contribution in [3.8, 4) is 11.1 Å². The topological polar surface area (TPSA) is 140 Å². The summed E-state index contributed by atoms with van der Waals surface area (Å²) in [5.41, 5.74) is 4.56. The Labute approximate surface area is 194 Å². The zero-order chi connectivity index (χ0) is 23.9. The van der Waals surface area contributed by atoms with E-state index in [1.807, 2.05) is 36.4 Å². The first-order valence-corrected chi connectivity index (χ1v) is 10.6. The van der Waals surface area contributed by atoms with Crippen molar-refractivity contribution in [2.75, 3.05) is 26.4 Å². The van der Waals surface area contributed by atoms with Crippen molar-refractivity contribution < 1.29 is 33.5 Å². The van der Waals surface area contributed by atoms with Gasteiger partial charge in [0.25, 0.3) is 5.91 Å². The number of amides is 2. The monoisotopic (exact) mass is 465 g/mol. The number of carboxylic acid groups (broad SMARTS) is 1. The first-order chi connectivity index (χ1) is 16.5. The number of fused-ring (bicyclic) bond motifs is 3. The van der Waals surface area contributed by atoms with Gasteiger partial charge in [-0.25, -0.2) is 9.59 Å². The number of aromatic nitrogens is 1. The fourth-order valence-corrected chi connectivity index (χ4v) is 3.80. The molecule has 1 aliphatic rings. The van der Waals surface area contributed by atoms with Gasteiger partial charge in [0.2, 0.25) is 0 Å². The fourth-order valence-electron chi connectivity index (χ4n) is 3.80. The minimum absolute atomic E-state index is 0.00131. The molecule has 0 aliphatic heterocycles. The van der Waals surface area contributed by atoms with Crippen molar-refractivity contribution in [3.63, 3.8) is 0 Å². The van der Waals surface area contributed by atoms with Crippen molar-refractivity contribution in [2.45, 2.75) is 12.5 Å². The summed E-state index contributed by atoms with van der Waals surface area (Å²) in [6.45, 7) is -0.0868. The molecule has 0 saturated heterocycles. The number of carbonyl (C=O) groups is 3. The lowest BCUT2D eigenvalue weighted by Crippen LogP contribution is -2.28. The quantitative estimate of drug-likeness (QED) is 0.388. The molecule has 0 bridgehead atoms. The smallest absolute Gasteiger partial charge is 0.407 e. The summed E-state index contributed by atoms with van der Waals surface area (Å²) in [6, 6.07) is 17.5. The molecule has 2 amide bonds. The van der Waals surface area contributed by atoms with Crippen molar-refractivity contribution in [2.24, 2.45) is 0 Å². The molecule has 34 heavy (non-hydrogen) atoms. The maximum atomic E-state index is 12.3. The van der Waals surface area contributed by atoms with Crippen LogP contribution in [0.15, 0.2) is 59.1 Å². The van der Waals surface area contributed by atoms with E-state index in [1.54, 1.807) is 0 Å². The second-order valence-corrected chi connectivity index (χ2v) is 7.56. The van der Waals surface area contributed by atoms with Gasteiger partial charge >= 0.3 is 12.1 Å². The average Bonchev–Trinajstić information content (AvgIpc) is 3.44. The SMILES string of the molecule is O=C(O)COCCNC(=O)c1cc(CNC(=O)OCC2c3ccccc3-c3ccccc32)on1. The van der Waals surface area contributed by atoms with Gasteiger partial charge in [0.15, 0.2) is 11.5 Å². The third kappa shape index (κ3) is 5.41. The molecule has 176 valence electrons. The van der Waals surface area contributed by atoms with Crippen molar-refractivity contribution in [1.82, 2.24) is 15.8 Å². The first-order valence-electron chi connectivity index (χ1n) is 10.6. The molecule has 2 aromatic carbocycles. The van der Waals surface area contributed by atoms with E-state index < -0.39 is 24.6 Å². The summed E-state index contributed by atoms with van der Waals surface area (Å²) in [5.74, 6) is -1.36. The van der Waals surface area contributed by atoms with Crippen molar-refractivity contribution in [1.29, 1.82) is 0 Å². The van der Waals surface area contributed by atoms with Crippen LogP contribution in [0.4, 0.5) is 4.79 Å². The first kappa shape index (κ1) is 23.0. The van der Waals surface area contributed by atoms with Gasteiger partial charge in [0, 0.05) is 18.5 Å². The van der Waals surface area contributed by atoms with Gasteiger partial charge in [-0.05, 0) is 22.3 Å². The van der Waals surface area contributed by atoms with E-state index in [2.05, 4.69) is 27.9 Å². The summed E-state index contributed by atoms with van der Waals surface area (Å²) >= 11 is 0.